The van der Waals surface area contributed by atoms with Gasteiger partial charge < -0.3 is 9.47 Å². The van der Waals surface area contributed by atoms with Crippen LogP contribution in [0.25, 0.3) is 0 Å². The Balaban J connectivity index is 2.30. The summed E-state index contributed by atoms with van der Waals surface area (Å²) in [6.07, 6.45) is 1.09. The highest BCUT2D eigenvalue weighted by molar-refractivity contribution is 5.70. The van der Waals surface area contributed by atoms with E-state index in [0.717, 1.165) is 5.56 Å². The van der Waals surface area contributed by atoms with E-state index in [-0.39, 0.29) is 18.2 Å². The molecule has 0 bridgehead atoms. The van der Waals surface area contributed by atoms with Gasteiger partial charge >= 0.3 is 6.09 Å². The van der Waals surface area contributed by atoms with Gasteiger partial charge in [0.25, 0.3) is 0 Å². The lowest BCUT2D eigenvalue weighted by molar-refractivity contribution is -0.0795. The van der Waals surface area contributed by atoms with Crippen molar-refractivity contribution in [1.29, 1.82) is 5.26 Å². The second kappa shape index (κ2) is 7.45. The summed E-state index contributed by atoms with van der Waals surface area (Å²) < 4.78 is 11.8. The first-order valence-corrected chi connectivity index (χ1v) is 8.75. The first-order chi connectivity index (χ1) is 11.6. The van der Waals surface area contributed by atoms with E-state index in [0.29, 0.717) is 19.3 Å². The molecule has 0 spiro atoms. The van der Waals surface area contributed by atoms with Gasteiger partial charge in [0.1, 0.15) is 11.3 Å². The van der Waals surface area contributed by atoms with Crippen LogP contribution in [0.15, 0.2) is 30.3 Å². The third-order valence-electron chi connectivity index (χ3n) is 4.20. The maximum Gasteiger partial charge on any atom is 0.412 e. The van der Waals surface area contributed by atoms with E-state index in [1.807, 2.05) is 65.0 Å². The Hall–Kier alpha value is -2.06. The molecule has 2 rings (SSSR count). The van der Waals surface area contributed by atoms with Crippen molar-refractivity contribution in [3.63, 3.8) is 0 Å². The van der Waals surface area contributed by atoms with Crippen LogP contribution in [0.4, 0.5) is 4.79 Å². The summed E-state index contributed by atoms with van der Waals surface area (Å²) >= 11 is 0. The van der Waals surface area contributed by atoms with Crippen molar-refractivity contribution in [2.45, 2.75) is 77.4 Å². The van der Waals surface area contributed by atoms with Crippen LogP contribution in [0.5, 0.6) is 0 Å². The molecule has 1 fully saturated rings. The highest BCUT2D eigenvalue weighted by atomic mass is 16.6. The van der Waals surface area contributed by atoms with Gasteiger partial charge in [0.2, 0.25) is 0 Å². The van der Waals surface area contributed by atoms with Gasteiger partial charge in [0.05, 0.1) is 18.2 Å². The molecule has 0 radical (unpaired) electrons. The molecule has 1 aliphatic heterocycles. The molecule has 136 valence electrons. The Kier molecular flexibility index (Phi) is 5.74. The molecule has 1 unspecified atom stereocenters. The van der Waals surface area contributed by atoms with Gasteiger partial charge in [-0.25, -0.2) is 4.79 Å². The van der Waals surface area contributed by atoms with Gasteiger partial charge in [-0.1, -0.05) is 30.3 Å². The normalized spacial score (nSPS) is 22.5. The van der Waals surface area contributed by atoms with Crippen molar-refractivity contribution < 1.29 is 14.3 Å². The minimum atomic E-state index is -0.776. The van der Waals surface area contributed by atoms with Crippen LogP contribution in [0.3, 0.4) is 0 Å². The Bertz CT molecular complexity index is 629. The second-order valence-electron chi connectivity index (χ2n) is 7.91. The molecule has 5 heteroatoms. The SMILES string of the molecule is CC(C)(C)OC(=O)N1[C@@H](Cc2ccccc2)C(CCC#N)OC1(C)C. The standard InChI is InChI=1S/C20H28N2O3/c1-19(2,3)25-18(23)22-16(14-15-10-7-6-8-11-15)17(12-9-13-21)24-20(22,4)5/h6-8,10-11,16-17H,9,12,14H2,1-5H3/t16-,17?/m0/s1. The van der Waals surface area contributed by atoms with Crippen molar-refractivity contribution in [2.75, 3.05) is 0 Å². The largest absolute Gasteiger partial charge is 0.444 e. The maximum atomic E-state index is 12.9. The quantitative estimate of drug-likeness (QED) is 0.818. The number of hydrogen-bond donors (Lipinski definition) is 0. The van der Waals surface area contributed by atoms with E-state index < -0.39 is 11.3 Å². The summed E-state index contributed by atoms with van der Waals surface area (Å²) in [4.78, 5) is 14.6. The molecule has 0 saturated carbocycles. The highest BCUT2D eigenvalue weighted by Gasteiger charge is 2.50. The Morgan fingerprint density at radius 3 is 2.52 bits per heavy atom. The molecule has 1 aromatic rings. The van der Waals surface area contributed by atoms with Crippen LogP contribution in [0, 0.1) is 11.3 Å². The summed E-state index contributed by atoms with van der Waals surface area (Å²) in [6, 6.07) is 12.0. The van der Waals surface area contributed by atoms with Crippen LogP contribution in [0.1, 0.15) is 53.0 Å². The number of hydrogen-bond acceptors (Lipinski definition) is 4. The fraction of sp³-hybridized carbons (Fsp3) is 0.600. The molecule has 1 aliphatic rings. The smallest absolute Gasteiger partial charge is 0.412 e. The van der Waals surface area contributed by atoms with Crippen molar-refractivity contribution in [3.05, 3.63) is 35.9 Å². The number of rotatable bonds is 4. The van der Waals surface area contributed by atoms with Crippen LogP contribution >= 0.6 is 0 Å². The summed E-state index contributed by atoms with van der Waals surface area (Å²) in [6.45, 7) is 9.32. The lowest BCUT2D eigenvalue weighted by atomic mass is 9.97. The Labute approximate surface area is 150 Å². The van der Waals surface area contributed by atoms with Gasteiger partial charge in [-0.2, -0.15) is 5.26 Å². The molecule has 1 heterocycles. The molecule has 0 aliphatic carbocycles. The predicted molar refractivity (Wildman–Crippen MR) is 95.8 cm³/mol. The molecule has 1 aromatic carbocycles. The molecule has 2 atom stereocenters. The van der Waals surface area contributed by atoms with Gasteiger partial charge in [-0.3, -0.25) is 4.90 Å². The third kappa shape index (κ3) is 4.96. The van der Waals surface area contributed by atoms with E-state index in [4.69, 9.17) is 14.7 Å². The van der Waals surface area contributed by atoms with E-state index in [9.17, 15) is 4.79 Å². The van der Waals surface area contributed by atoms with Crippen molar-refractivity contribution >= 4 is 6.09 Å². The predicted octanol–water partition coefficient (Wildman–Crippen LogP) is 4.27. The topological polar surface area (TPSA) is 62.6 Å². The van der Waals surface area contributed by atoms with Crippen LogP contribution in [-0.2, 0) is 15.9 Å². The molecular formula is C20H28N2O3. The number of carbonyl (C=O) groups excluding carboxylic acids is 1. The molecular weight excluding hydrogens is 316 g/mol. The third-order valence-corrected chi connectivity index (χ3v) is 4.20. The first-order valence-electron chi connectivity index (χ1n) is 8.75. The monoisotopic (exact) mass is 344 g/mol. The minimum Gasteiger partial charge on any atom is -0.444 e. The number of nitriles is 1. The van der Waals surface area contributed by atoms with Crippen molar-refractivity contribution in [2.24, 2.45) is 0 Å². The van der Waals surface area contributed by atoms with Crippen LogP contribution < -0.4 is 0 Å². The summed E-state index contributed by atoms with van der Waals surface area (Å²) in [5.74, 6) is 0. The number of nitrogens with zero attached hydrogens (tertiary/aromatic N) is 2. The highest BCUT2D eigenvalue weighted by Crippen LogP contribution is 2.37. The lowest BCUT2D eigenvalue weighted by Crippen LogP contribution is -2.51. The van der Waals surface area contributed by atoms with Gasteiger partial charge in [-0.15, -0.1) is 0 Å². The van der Waals surface area contributed by atoms with Crippen molar-refractivity contribution in [3.8, 4) is 6.07 Å². The second-order valence-corrected chi connectivity index (χ2v) is 7.91. The Morgan fingerprint density at radius 1 is 1.32 bits per heavy atom. The number of benzene rings is 1. The van der Waals surface area contributed by atoms with E-state index in [1.165, 1.54) is 0 Å². The van der Waals surface area contributed by atoms with Gasteiger partial charge in [-0.05, 0) is 53.0 Å². The van der Waals surface area contributed by atoms with Gasteiger partial charge in [0.15, 0.2) is 0 Å². The fourth-order valence-electron chi connectivity index (χ4n) is 3.27. The zero-order chi connectivity index (χ0) is 18.7. The molecule has 0 N–H and O–H groups in total. The van der Waals surface area contributed by atoms with Gasteiger partial charge in [0, 0.05) is 6.42 Å². The molecule has 5 nitrogen and oxygen atoms in total. The molecule has 1 saturated heterocycles. The zero-order valence-corrected chi connectivity index (χ0v) is 15.8. The maximum absolute atomic E-state index is 12.9. The van der Waals surface area contributed by atoms with Crippen LogP contribution in [-0.4, -0.2) is 34.5 Å². The average Bonchev–Trinajstić information content (AvgIpc) is 2.74. The molecule has 0 aromatic heterocycles. The molecule has 25 heavy (non-hydrogen) atoms. The average molecular weight is 344 g/mol. The summed E-state index contributed by atoms with van der Waals surface area (Å²) in [5, 5.41) is 8.95. The van der Waals surface area contributed by atoms with Crippen molar-refractivity contribution in [1.82, 2.24) is 4.90 Å². The van der Waals surface area contributed by atoms with E-state index in [1.54, 1.807) is 4.90 Å². The number of carbonyl (C=O) groups is 1. The fourth-order valence-corrected chi connectivity index (χ4v) is 3.27. The van der Waals surface area contributed by atoms with E-state index in [2.05, 4.69) is 6.07 Å². The lowest BCUT2D eigenvalue weighted by Gasteiger charge is -2.35. The minimum absolute atomic E-state index is 0.166. The number of amides is 1. The number of ether oxygens (including phenoxy) is 2. The van der Waals surface area contributed by atoms with Crippen LogP contribution in [0.2, 0.25) is 0 Å². The summed E-state index contributed by atoms with van der Waals surface area (Å²) in [5.41, 5.74) is -0.221. The van der Waals surface area contributed by atoms with E-state index >= 15 is 0 Å². The molecule has 1 amide bonds. The Morgan fingerprint density at radius 2 is 1.96 bits per heavy atom. The summed E-state index contributed by atoms with van der Waals surface area (Å²) in [7, 11) is 0. The zero-order valence-electron chi connectivity index (χ0n) is 15.8. The first kappa shape index (κ1) is 19.3.